The monoisotopic (exact) mass is 354 g/mol. The molecule has 0 rings (SSSR count). The second-order valence-electron chi connectivity index (χ2n) is 7.21. The van der Waals surface area contributed by atoms with Crippen molar-refractivity contribution in [2.75, 3.05) is 13.2 Å². The molecule has 0 fully saturated rings. The van der Waals surface area contributed by atoms with E-state index in [9.17, 15) is 0 Å². The van der Waals surface area contributed by atoms with Crippen LogP contribution in [0.2, 0.25) is 0 Å². The van der Waals surface area contributed by atoms with E-state index in [2.05, 4.69) is 53.7 Å². The minimum atomic E-state index is -0.485. The fourth-order valence-electron chi connectivity index (χ4n) is 4.16. The molecule has 0 heterocycles. The van der Waals surface area contributed by atoms with E-state index in [1.165, 1.54) is 38.5 Å². The van der Waals surface area contributed by atoms with Crippen molar-refractivity contribution < 1.29 is 9.47 Å². The van der Waals surface area contributed by atoms with Crippen LogP contribution in [0.15, 0.2) is 12.2 Å². The van der Waals surface area contributed by atoms with E-state index in [1.807, 2.05) is 0 Å². The lowest BCUT2D eigenvalue weighted by atomic mass is 9.69. The van der Waals surface area contributed by atoms with E-state index in [-0.39, 0.29) is 5.41 Å². The van der Waals surface area contributed by atoms with E-state index in [0.717, 1.165) is 32.1 Å². The third-order valence-corrected chi connectivity index (χ3v) is 5.32. The molecule has 150 valence electrons. The summed E-state index contributed by atoms with van der Waals surface area (Å²) in [6.07, 6.45) is 18.2. The first kappa shape index (κ1) is 24.7. The highest BCUT2D eigenvalue weighted by molar-refractivity contribution is 5.08. The molecule has 0 radical (unpaired) electrons. The lowest BCUT2D eigenvalue weighted by Gasteiger charge is -2.48. The summed E-state index contributed by atoms with van der Waals surface area (Å²) in [6.45, 7) is 14.6. The van der Waals surface area contributed by atoms with Gasteiger partial charge in [0.25, 0.3) is 0 Å². The van der Waals surface area contributed by atoms with Gasteiger partial charge >= 0.3 is 0 Å². The number of allylic oxidation sites excluding steroid dienone is 1. The van der Waals surface area contributed by atoms with Crippen LogP contribution in [0.5, 0.6) is 0 Å². The first-order chi connectivity index (χ1) is 12.1. The number of ether oxygens (including phenoxy) is 2. The maximum absolute atomic E-state index is 6.36. The maximum atomic E-state index is 6.36. The predicted molar refractivity (Wildman–Crippen MR) is 111 cm³/mol. The van der Waals surface area contributed by atoms with Gasteiger partial charge < -0.3 is 9.47 Å². The minimum Gasteiger partial charge on any atom is -0.349 e. The molecular formula is C23H46O2. The molecule has 0 saturated carbocycles. The van der Waals surface area contributed by atoms with Gasteiger partial charge in [0.2, 0.25) is 0 Å². The molecule has 1 unspecified atom stereocenters. The first-order valence-electron chi connectivity index (χ1n) is 11.1. The van der Waals surface area contributed by atoms with Crippen molar-refractivity contribution >= 4 is 0 Å². The smallest absolute Gasteiger partial charge is 0.176 e. The number of rotatable bonds is 17. The van der Waals surface area contributed by atoms with E-state index in [4.69, 9.17) is 9.47 Å². The molecule has 25 heavy (non-hydrogen) atoms. The molecule has 2 nitrogen and oxygen atoms in total. The van der Waals surface area contributed by atoms with Crippen molar-refractivity contribution in [3.05, 3.63) is 12.2 Å². The lowest BCUT2D eigenvalue weighted by Crippen LogP contribution is -2.51. The molecule has 0 amide bonds. The Morgan fingerprint density at radius 3 is 1.76 bits per heavy atom. The fraction of sp³-hybridized carbons (Fsp3) is 0.913. The molecule has 0 spiro atoms. The molecule has 0 aromatic rings. The Bertz CT molecular complexity index is 318. The largest absolute Gasteiger partial charge is 0.349 e. The van der Waals surface area contributed by atoms with Crippen LogP contribution in [0.3, 0.4) is 0 Å². The number of unbranched alkanes of at least 4 members (excludes halogenated alkanes) is 5. The fourth-order valence-corrected chi connectivity index (χ4v) is 4.16. The zero-order valence-corrected chi connectivity index (χ0v) is 18.2. The van der Waals surface area contributed by atoms with Crippen LogP contribution in [0.4, 0.5) is 0 Å². The number of hydrogen-bond acceptors (Lipinski definition) is 2. The van der Waals surface area contributed by atoms with Crippen LogP contribution in [-0.4, -0.2) is 19.0 Å². The molecule has 0 aliphatic heterocycles. The van der Waals surface area contributed by atoms with Gasteiger partial charge in [-0.2, -0.15) is 0 Å². The molecular weight excluding hydrogens is 308 g/mol. The van der Waals surface area contributed by atoms with Crippen molar-refractivity contribution in [1.29, 1.82) is 0 Å². The van der Waals surface area contributed by atoms with E-state index in [0.29, 0.717) is 13.2 Å². The summed E-state index contributed by atoms with van der Waals surface area (Å²) in [6, 6.07) is 0. The normalized spacial score (nSPS) is 15.0. The average molecular weight is 355 g/mol. The van der Waals surface area contributed by atoms with E-state index >= 15 is 0 Å². The zero-order chi connectivity index (χ0) is 19.0. The predicted octanol–water partition coefficient (Wildman–Crippen LogP) is 7.67. The van der Waals surface area contributed by atoms with Gasteiger partial charge in [0.15, 0.2) is 5.79 Å². The summed E-state index contributed by atoms with van der Waals surface area (Å²) in [5.41, 5.74) is -0.0106. The van der Waals surface area contributed by atoms with Gasteiger partial charge in [-0.3, -0.25) is 0 Å². The second-order valence-corrected chi connectivity index (χ2v) is 7.21. The Morgan fingerprint density at radius 1 is 0.680 bits per heavy atom. The molecule has 0 saturated heterocycles. The Labute approximate surface area is 158 Å². The molecule has 0 N–H and O–H groups in total. The molecule has 0 aliphatic rings. The van der Waals surface area contributed by atoms with Gasteiger partial charge in [-0.15, -0.1) is 0 Å². The highest BCUT2D eigenvalue weighted by Gasteiger charge is 2.49. The minimum absolute atomic E-state index is 0.0106. The average Bonchev–Trinajstić information content (AvgIpc) is 2.62. The summed E-state index contributed by atoms with van der Waals surface area (Å²) in [5.74, 6) is -0.485. The number of hydrogen-bond donors (Lipinski definition) is 0. The SMILES string of the molecule is CCC=CC(CCC)(CCCCCCCC)C(CC)(OCC)OCC. The van der Waals surface area contributed by atoms with Gasteiger partial charge in [-0.1, -0.05) is 84.8 Å². The Kier molecular flexibility index (Phi) is 14.6. The van der Waals surface area contributed by atoms with Crippen molar-refractivity contribution in [2.45, 2.75) is 118 Å². The quantitative estimate of drug-likeness (QED) is 0.151. The summed E-state index contributed by atoms with van der Waals surface area (Å²) in [4.78, 5) is 0. The molecule has 0 bridgehead atoms. The highest BCUT2D eigenvalue weighted by atomic mass is 16.7. The lowest BCUT2D eigenvalue weighted by molar-refractivity contribution is -0.290. The third-order valence-electron chi connectivity index (χ3n) is 5.32. The Balaban J connectivity index is 5.39. The van der Waals surface area contributed by atoms with Gasteiger partial charge in [-0.05, 0) is 39.5 Å². The van der Waals surface area contributed by atoms with Crippen LogP contribution < -0.4 is 0 Å². The van der Waals surface area contributed by atoms with Crippen molar-refractivity contribution in [3.8, 4) is 0 Å². The maximum Gasteiger partial charge on any atom is 0.176 e. The van der Waals surface area contributed by atoms with Gasteiger partial charge in [0.05, 0.1) is 0 Å². The first-order valence-corrected chi connectivity index (χ1v) is 11.1. The van der Waals surface area contributed by atoms with Crippen LogP contribution in [0.1, 0.15) is 112 Å². The standard InChI is InChI=1S/C23H46O2/c1-7-13-15-16-17-18-21-22(19-9-3,20-14-8-2)23(10-4,24-11-5)25-12-6/h14,20H,7-13,15-19,21H2,1-6H3. The molecule has 0 aromatic carbocycles. The van der Waals surface area contributed by atoms with Crippen molar-refractivity contribution in [3.63, 3.8) is 0 Å². The topological polar surface area (TPSA) is 18.5 Å². The summed E-state index contributed by atoms with van der Waals surface area (Å²) >= 11 is 0. The van der Waals surface area contributed by atoms with Crippen molar-refractivity contribution in [1.82, 2.24) is 0 Å². The van der Waals surface area contributed by atoms with E-state index in [1.54, 1.807) is 0 Å². The van der Waals surface area contributed by atoms with E-state index < -0.39 is 5.79 Å². The third kappa shape index (κ3) is 7.83. The molecule has 1 atom stereocenters. The molecule has 2 heteroatoms. The Hall–Kier alpha value is -0.340. The van der Waals surface area contributed by atoms with Crippen LogP contribution in [-0.2, 0) is 9.47 Å². The molecule has 0 aromatic heterocycles. The summed E-state index contributed by atoms with van der Waals surface area (Å²) in [7, 11) is 0. The van der Waals surface area contributed by atoms with Crippen LogP contribution in [0, 0.1) is 5.41 Å². The van der Waals surface area contributed by atoms with Gasteiger partial charge in [-0.25, -0.2) is 0 Å². The van der Waals surface area contributed by atoms with Crippen LogP contribution >= 0.6 is 0 Å². The summed E-state index contributed by atoms with van der Waals surface area (Å²) in [5, 5.41) is 0. The Morgan fingerprint density at radius 2 is 1.28 bits per heavy atom. The molecule has 0 aliphatic carbocycles. The van der Waals surface area contributed by atoms with Crippen molar-refractivity contribution in [2.24, 2.45) is 5.41 Å². The van der Waals surface area contributed by atoms with Gasteiger partial charge in [0.1, 0.15) is 0 Å². The second kappa shape index (κ2) is 14.8. The zero-order valence-electron chi connectivity index (χ0n) is 18.2. The van der Waals surface area contributed by atoms with Gasteiger partial charge in [0, 0.05) is 18.6 Å². The highest BCUT2D eigenvalue weighted by Crippen LogP contribution is 2.48. The van der Waals surface area contributed by atoms with Crippen LogP contribution in [0.25, 0.3) is 0 Å². The summed E-state index contributed by atoms with van der Waals surface area (Å²) < 4.78 is 12.7.